The average molecular weight is 449 g/mol. The van der Waals surface area contributed by atoms with E-state index >= 15 is 0 Å². The summed E-state index contributed by atoms with van der Waals surface area (Å²) in [4.78, 5) is 40.1. The molecule has 0 N–H and O–H groups in total. The molecule has 1 fully saturated rings. The number of carbonyl (C=O) groups excluding carboxylic acids is 1. The summed E-state index contributed by atoms with van der Waals surface area (Å²) in [5, 5.41) is 8.72. The Morgan fingerprint density at radius 2 is 1.78 bits per heavy atom. The van der Waals surface area contributed by atoms with Crippen molar-refractivity contribution in [1.29, 1.82) is 0 Å². The lowest BCUT2D eigenvalue weighted by Crippen LogP contribution is -2.49. The van der Waals surface area contributed by atoms with Crippen molar-refractivity contribution in [2.75, 3.05) is 31.1 Å². The Balaban J connectivity index is 1.42. The molecule has 5 rings (SSSR count). The van der Waals surface area contributed by atoms with Gasteiger partial charge in [-0.2, -0.15) is 5.10 Å². The predicted molar refractivity (Wildman–Crippen MR) is 126 cm³/mol. The Morgan fingerprint density at radius 1 is 1.03 bits per heavy atom. The number of hydrogen-bond donors (Lipinski definition) is 0. The molecule has 0 bridgehead atoms. The molecule has 9 heteroatoms. The third-order valence-electron chi connectivity index (χ3n) is 5.72. The normalized spacial score (nSPS) is 14.6. The van der Waals surface area contributed by atoms with Crippen LogP contribution in [0.25, 0.3) is 21.0 Å². The van der Waals surface area contributed by atoms with Crippen molar-refractivity contribution in [3.8, 4) is 0 Å². The molecule has 3 aromatic heterocycles. The van der Waals surface area contributed by atoms with Crippen LogP contribution in [-0.4, -0.2) is 56.7 Å². The second kappa shape index (κ2) is 8.31. The molecule has 164 valence electrons. The van der Waals surface area contributed by atoms with Crippen molar-refractivity contribution in [3.63, 3.8) is 0 Å². The van der Waals surface area contributed by atoms with E-state index in [1.165, 1.54) is 4.68 Å². The highest BCUT2D eigenvalue weighted by molar-refractivity contribution is 7.16. The van der Waals surface area contributed by atoms with Gasteiger partial charge in [0.25, 0.3) is 11.5 Å². The lowest BCUT2D eigenvalue weighted by molar-refractivity contribution is 0.0740. The summed E-state index contributed by atoms with van der Waals surface area (Å²) in [6, 6.07) is 9.28. The average Bonchev–Trinajstić information content (AvgIpc) is 3.29. The summed E-state index contributed by atoms with van der Waals surface area (Å²) < 4.78 is 1.44. The van der Waals surface area contributed by atoms with Crippen LogP contribution >= 0.6 is 11.3 Å². The van der Waals surface area contributed by atoms with E-state index in [1.807, 2.05) is 42.3 Å². The summed E-state index contributed by atoms with van der Waals surface area (Å²) in [7, 11) is 0. The Labute approximate surface area is 189 Å². The van der Waals surface area contributed by atoms with Crippen LogP contribution in [0.5, 0.6) is 0 Å². The van der Waals surface area contributed by atoms with Crippen molar-refractivity contribution in [1.82, 2.24) is 24.6 Å². The molecule has 0 unspecified atom stereocenters. The van der Waals surface area contributed by atoms with E-state index in [1.54, 1.807) is 29.8 Å². The summed E-state index contributed by atoms with van der Waals surface area (Å²) in [6.45, 7) is 7.02. The first kappa shape index (κ1) is 20.6. The van der Waals surface area contributed by atoms with Gasteiger partial charge in [-0.25, -0.2) is 14.6 Å². The Morgan fingerprint density at radius 3 is 2.53 bits per heavy atom. The minimum absolute atomic E-state index is 0.137. The molecule has 0 atom stereocenters. The van der Waals surface area contributed by atoms with E-state index in [0.29, 0.717) is 49.2 Å². The van der Waals surface area contributed by atoms with E-state index < -0.39 is 0 Å². The molecule has 4 aromatic rings. The number of anilines is 1. The number of thiophene rings is 1. The molecule has 4 heterocycles. The van der Waals surface area contributed by atoms with Crippen molar-refractivity contribution in [2.45, 2.75) is 20.4 Å². The molecule has 1 aliphatic rings. The molecular weight excluding hydrogens is 424 g/mol. The molecule has 1 saturated heterocycles. The zero-order chi connectivity index (χ0) is 22.2. The number of rotatable bonds is 4. The molecule has 0 aliphatic carbocycles. The molecule has 0 spiro atoms. The third-order valence-corrected chi connectivity index (χ3v) is 6.54. The lowest BCUT2D eigenvalue weighted by atomic mass is 10.1. The van der Waals surface area contributed by atoms with Crippen LogP contribution in [-0.2, 0) is 6.54 Å². The fourth-order valence-electron chi connectivity index (χ4n) is 4.16. The van der Waals surface area contributed by atoms with Gasteiger partial charge in [0.15, 0.2) is 5.69 Å². The quantitative estimate of drug-likeness (QED) is 0.477. The minimum atomic E-state index is -0.154. The van der Waals surface area contributed by atoms with E-state index in [2.05, 4.69) is 20.0 Å². The summed E-state index contributed by atoms with van der Waals surface area (Å²) in [5.74, 6) is 1.02. The second-order valence-corrected chi connectivity index (χ2v) is 9.29. The highest BCUT2D eigenvalue weighted by Gasteiger charge is 2.27. The number of fused-ring (bicyclic) bond motifs is 2. The lowest BCUT2D eigenvalue weighted by Gasteiger charge is -2.35. The first-order chi connectivity index (χ1) is 15.5. The van der Waals surface area contributed by atoms with Crippen LogP contribution in [0.2, 0.25) is 0 Å². The molecule has 1 amide bonds. The summed E-state index contributed by atoms with van der Waals surface area (Å²) >= 11 is 1.60. The maximum Gasteiger partial charge on any atom is 0.275 e. The minimum Gasteiger partial charge on any atom is -0.352 e. The third kappa shape index (κ3) is 3.62. The molecule has 0 saturated carbocycles. The van der Waals surface area contributed by atoms with Gasteiger partial charge in [-0.3, -0.25) is 9.59 Å². The van der Waals surface area contributed by atoms with Gasteiger partial charge in [0, 0.05) is 38.1 Å². The van der Waals surface area contributed by atoms with Gasteiger partial charge < -0.3 is 9.80 Å². The number of carbonyl (C=O) groups is 1. The van der Waals surface area contributed by atoms with Gasteiger partial charge in [-0.05, 0) is 23.4 Å². The van der Waals surface area contributed by atoms with Crippen LogP contribution in [0.3, 0.4) is 0 Å². The highest BCUT2D eigenvalue weighted by Crippen LogP contribution is 2.27. The standard InChI is InChI=1S/C23H24N6O2S/c1-15(2)13-29-22(30)17-6-4-3-5-16(17)19(26-29)23(31)28-10-8-27(9-11-28)20-18-7-12-32-21(18)25-14-24-20/h3-7,12,14-15H,8-11,13H2,1-2H3. The van der Waals surface area contributed by atoms with E-state index in [9.17, 15) is 9.59 Å². The number of aromatic nitrogens is 4. The van der Waals surface area contributed by atoms with Crippen molar-refractivity contribution in [2.24, 2.45) is 5.92 Å². The van der Waals surface area contributed by atoms with Crippen molar-refractivity contribution in [3.05, 3.63) is 58.1 Å². The number of piperazine rings is 1. The fraction of sp³-hybridized carbons (Fsp3) is 0.348. The van der Waals surface area contributed by atoms with E-state index in [-0.39, 0.29) is 17.4 Å². The predicted octanol–water partition coefficient (Wildman–Crippen LogP) is 3.02. The molecule has 8 nitrogen and oxygen atoms in total. The SMILES string of the molecule is CC(C)Cn1nc(C(=O)N2CCN(c3ncnc4sccc34)CC2)c2ccccc2c1=O. The molecule has 32 heavy (non-hydrogen) atoms. The summed E-state index contributed by atoms with van der Waals surface area (Å²) in [6.07, 6.45) is 1.60. The van der Waals surface area contributed by atoms with E-state index in [4.69, 9.17) is 0 Å². The van der Waals surface area contributed by atoms with Crippen LogP contribution in [0.1, 0.15) is 24.3 Å². The summed E-state index contributed by atoms with van der Waals surface area (Å²) in [5.41, 5.74) is 0.191. The van der Waals surface area contributed by atoms with Crippen LogP contribution in [0, 0.1) is 5.92 Å². The Bertz CT molecular complexity index is 1350. The second-order valence-electron chi connectivity index (χ2n) is 8.39. The van der Waals surface area contributed by atoms with E-state index in [0.717, 1.165) is 16.0 Å². The topological polar surface area (TPSA) is 84.2 Å². The van der Waals surface area contributed by atoms with Crippen molar-refractivity contribution < 1.29 is 4.79 Å². The molecule has 1 aliphatic heterocycles. The number of hydrogen-bond acceptors (Lipinski definition) is 7. The maximum absolute atomic E-state index is 13.5. The number of amides is 1. The fourth-order valence-corrected chi connectivity index (χ4v) is 4.89. The zero-order valence-corrected chi connectivity index (χ0v) is 18.9. The van der Waals surface area contributed by atoms with Gasteiger partial charge in [0.05, 0.1) is 10.8 Å². The monoisotopic (exact) mass is 448 g/mol. The van der Waals surface area contributed by atoms with Crippen LogP contribution < -0.4 is 10.5 Å². The maximum atomic E-state index is 13.5. The van der Waals surface area contributed by atoms with Gasteiger partial charge in [-0.1, -0.05) is 32.0 Å². The molecule has 1 aromatic carbocycles. The number of benzene rings is 1. The number of nitrogens with zero attached hydrogens (tertiary/aromatic N) is 6. The van der Waals surface area contributed by atoms with Gasteiger partial charge in [0.1, 0.15) is 17.0 Å². The van der Waals surface area contributed by atoms with Crippen LogP contribution in [0.4, 0.5) is 5.82 Å². The smallest absolute Gasteiger partial charge is 0.275 e. The zero-order valence-electron chi connectivity index (χ0n) is 18.1. The van der Waals surface area contributed by atoms with Gasteiger partial charge in [-0.15, -0.1) is 11.3 Å². The van der Waals surface area contributed by atoms with Gasteiger partial charge in [0.2, 0.25) is 0 Å². The van der Waals surface area contributed by atoms with Gasteiger partial charge >= 0.3 is 0 Å². The Kier molecular flexibility index (Phi) is 5.34. The molecular formula is C23H24N6O2S. The van der Waals surface area contributed by atoms with Crippen molar-refractivity contribution >= 4 is 44.1 Å². The Hall–Kier alpha value is -3.33. The highest BCUT2D eigenvalue weighted by atomic mass is 32.1. The largest absolute Gasteiger partial charge is 0.352 e. The first-order valence-corrected chi connectivity index (χ1v) is 11.6. The van der Waals surface area contributed by atoms with Crippen LogP contribution in [0.15, 0.2) is 46.8 Å². The molecule has 0 radical (unpaired) electrons. The first-order valence-electron chi connectivity index (χ1n) is 10.7.